The third-order valence-electron chi connectivity index (χ3n) is 3.25. The number of hydrogen-bond donors (Lipinski definition) is 1. The summed E-state index contributed by atoms with van der Waals surface area (Å²) in [6.07, 6.45) is 0. The van der Waals surface area contributed by atoms with Gasteiger partial charge in [0.25, 0.3) is 0 Å². The fourth-order valence-corrected chi connectivity index (χ4v) is 2.15. The van der Waals surface area contributed by atoms with Gasteiger partial charge in [-0.2, -0.15) is 0 Å². The standard InChI is InChI=1S/C15H22Cl2N2O/c1-9(2)14(18)15(20)19(10(3)4)8-11-5-6-12(16)13(17)7-11/h5-7,9-10,14H,8,18H2,1-4H3/t14-/m1/s1. The number of carbonyl (C=O) groups excluding carboxylic acids is 1. The molecule has 3 nitrogen and oxygen atoms in total. The van der Waals surface area contributed by atoms with Crippen LogP contribution in [0.15, 0.2) is 18.2 Å². The van der Waals surface area contributed by atoms with Gasteiger partial charge in [0.2, 0.25) is 5.91 Å². The van der Waals surface area contributed by atoms with E-state index in [1.54, 1.807) is 17.0 Å². The van der Waals surface area contributed by atoms with E-state index in [4.69, 9.17) is 28.9 Å². The first-order chi connectivity index (χ1) is 9.23. The molecule has 20 heavy (non-hydrogen) atoms. The zero-order valence-electron chi connectivity index (χ0n) is 12.4. The molecule has 1 rings (SSSR count). The molecule has 0 aliphatic heterocycles. The van der Waals surface area contributed by atoms with Crippen LogP contribution < -0.4 is 5.73 Å². The highest BCUT2D eigenvalue weighted by Crippen LogP contribution is 2.24. The minimum absolute atomic E-state index is 0.0407. The Labute approximate surface area is 131 Å². The summed E-state index contributed by atoms with van der Waals surface area (Å²) in [5.74, 6) is 0.0682. The smallest absolute Gasteiger partial charge is 0.240 e. The number of hydrogen-bond acceptors (Lipinski definition) is 2. The topological polar surface area (TPSA) is 46.3 Å². The van der Waals surface area contributed by atoms with Crippen LogP contribution in [0.25, 0.3) is 0 Å². The van der Waals surface area contributed by atoms with Crippen LogP contribution in [0, 0.1) is 5.92 Å². The van der Waals surface area contributed by atoms with Crippen molar-refractivity contribution in [3.8, 4) is 0 Å². The molecular weight excluding hydrogens is 295 g/mol. The fraction of sp³-hybridized carbons (Fsp3) is 0.533. The molecule has 2 N–H and O–H groups in total. The molecule has 0 aromatic heterocycles. The van der Waals surface area contributed by atoms with E-state index >= 15 is 0 Å². The predicted octanol–water partition coefficient (Wildman–Crippen LogP) is 3.71. The summed E-state index contributed by atoms with van der Waals surface area (Å²) in [5.41, 5.74) is 6.91. The highest BCUT2D eigenvalue weighted by Gasteiger charge is 2.25. The molecule has 0 saturated heterocycles. The van der Waals surface area contributed by atoms with Crippen molar-refractivity contribution in [2.75, 3.05) is 0 Å². The Morgan fingerprint density at radius 2 is 1.80 bits per heavy atom. The molecule has 112 valence electrons. The first kappa shape index (κ1) is 17.3. The molecule has 0 aliphatic carbocycles. The minimum Gasteiger partial charge on any atom is -0.335 e. The lowest BCUT2D eigenvalue weighted by atomic mass is 10.0. The van der Waals surface area contributed by atoms with Crippen molar-refractivity contribution in [3.05, 3.63) is 33.8 Å². The molecule has 0 spiro atoms. The largest absolute Gasteiger partial charge is 0.335 e. The van der Waals surface area contributed by atoms with Crippen molar-refractivity contribution in [1.29, 1.82) is 0 Å². The summed E-state index contributed by atoms with van der Waals surface area (Å²) in [7, 11) is 0. The summed E-state index contributed by atoms with van der Waals surface area (Å²) in [4.78, 5) is 14.2. The van der Waals surface area contributed by atoms with Crippen LogP contribution in [0.3, 0.4) is 0 Å². The molecule has 0 aliphatic rings. The maximum atomic E-state index is 12.4. The van der Waals surface area contributed by atoms with E-state index in [1.807, 2.05) is 33.8 Å². The molecule has 0 bridgehead atoms. The highest BCUT2D eigenvalue weighted by atomic mass is 35.5. The van der Waals surface area contributed by atoms with Gasteiger partial charge >= 0.3 is 0 Å². The van der Waals surface area contributed by atoms with E-state index in [-0.39, 0.29) is 17.9 Å². The molecule has 0 heterocycles. The van der Waals surface area contributed by atoms with Crippen molar-refractivity contribution in [2.24, 2.45) is 11.7 Å². The maximum Gasteiger partial charge on any atom is 0.240 e. The SMILES string of the molecule is CC(C)[C@@H](N)C(=O)N(Cc1ccc(Cl)c(Cl)c1)C(C)C. The quantitative estimate of drug-likeness (QED) is 0.900. The minimum atomic E-state index is -0.486. The Hall–Kier alpha value is -0.770. The van der Waals surface area contributed by atoms with Crippen molar-refractivity contribution >= 4 is 29.1 Å². The van der Waals surface area contributed by atoms with Crippen LogP contribution in [-0.2, 0) is 11.3 Å². The maximum absolute atomic E-state index is 12.4. The van der Waals surface area contributed by atoms with E-state index in [0.29, 0.717) is 16.6 Å². The Kier molecular flexibility index (Phi) is 6.31. The molecule has 0 unspecified atom stereocenters. The van der Waals surface area contributed by atoms with Gasteiger partial charge < -0.3 is 10.6 Å². The van der Waals surface area contributed by atoms with Gasteiger partial charge in [0.1, 0.15) is 0 Å². The van der Waals surface area contributed by atoms with Crippen LogP contribution in [0.5, 0.6) is 0 Å². The van der Waals surface area contributed by atoms with Gasteiger partial charge in [-0.15, -0.1) is 0 Å². The first-order valence-corrected chi connectivity index (χ1v) is 7.49. The normalized spacial score (nSPS) is 12.8. The number of halogens is 2. The van der Waals surface area contributed by atoms with Crippen molar-refractivity contribution in [3.63, 3.8) is 0 Å². The average molecular weight is 317 g/mol. The van der Waals surface area contributed by atoms with E-state index in [1.165, 1.54) is 0 Å². The molecular formula is C15H22Cl2N2O. The monoisotopic (exact) mass is 316 g/mol. The number of nitrogens with zero attached hydrogens (tertiary/aromatic N) is 1. The molecule has 0 radical (unpaired) electrons. The van der Waals surface area contributed by atoms with Crippen LogP contribution >= 0.6 is 23.2 Å². The number of rotatable bonds is 5. The van der Waals surface area contributed by atoms with Gasteiger partial charge in [-0.3, -0.25) is 4.79 Å². The van der Waals surface area contributed by atoms with E-state index < -0.39 is 6.04 Å². The molecule has 0 saturated carbocycles. The summed E-state index contributed by atoms with van der Waals surface area (Å²) in [6.45, 7) is 8.32. The highest BCUT2D eigenvalue weighted by molar-refractivity contribution is 6.42. The Balaban J connectivity index is 2.92. The lowest BCUT2D eigenvalue weighted by molar-refractivity contribution is -0.136. The van der Waals surface area contributed by atoms with Gasteiger partial charge in [-0.25, -0.2) is 0 Å². The summed E-state index contributed by atoms with van der Waals surface area (Å²) < 4.78 is 0. The van der Waals surface area contributed by atoms with Crippen LogP contribution in [0.2, 0.25) is 10.0 Å². The lowest BCUT2D eigenvalue weighted by Crippen LogP contribution is -2.48. The van der Waals surface area contributed by atoms with Crippen molar-refractivity contribution in [1.82, 2.24) is 4.90 Å². The fourth-order valence-electron chi connectivity index (χ4n) is 1.83. The second-order valence-corrected chi connectivity index (χ2v) is 6.39. The molecule has 1 atom stereocenters. The average Bonchev–Trinajstić information content (AvgIpc) is 2.37. The zero-order chi connectivity index (χ0) is 15.4. The second-order valence-electron chi connectivity index (χ2n) is 5.58. The summed E-state index contributed by atoms with van der Waals surface area (Å²) in [5, 5.41) is 1.00. The van der Waals surface area contributed by atoms with Crippen molar-refractivity contribution < 1.29 is 4.79 Å². The van der Waals surface area contributed by atoms with Gasteiger partial charge in [-0.1, -0.05) is 43.1 Å². The number of nitrogens with two attached hydrogens (primary N) is 1. The molecule has 1 aromatic carbocycles. The summed E-state index contributed by atoms with van der Waals surface area (Å²) in [6, 6.07) is 4.98. The first-order valence-electron chi connectivity index (χ1n) is 6.74. The third kappa shape index (κ3) is 4.37. The van der Waals surface area contributed by atoms with Gasteiger partial charge in [0.15, 0.2) is 0 Å². The van der Waals surface area contributed by atoms with Crippen LogP contribution in [0.1, 0.15) is 33.3 Å². The van der Waals surface area contributed by atoms with Crippen LogP contribution in [0.4, 0.5) is 0 Å². The van der Waals surface area contributed by atoms with E-state index in [2.05, 4.69) is 0 Å². The van der Waals surface area contributed by atoms with E-state index in [9.17, 15) is 4.79 Å². The Morgan fingerprint density at radius 3 is 2.25 bits per heavy atom. The molecule has 1 amide bonds. The Bertz CT molecular complexity index is 475. The van der Waals surface area contributed by atoms with Gasteiger partial charge in [-0.05, 0) is 37.5 Å². The second kappa shape index (κ2) is 7.30. The number of benzene rings is 1. The molecule has 1 aromatic rings. The van der Waals surface area contributed by atoms with E-state index in [0.717, 1.165) is 5.56 Å². The van der Waals surface area contributed by atoms with Crippen molar-refractivity contribution in [2.45, 2.75) is 46.3 Å². The third-order valence-corrected chi connectivity index (χ3v) is 3.99. The van der Waals surface area contributed by atoms with Crippen LogP contribution in [-0.4, -0.2) is 22.9 Å². The summed E-state index contributed by atoms with van der Waals surface area (Å²) >= 11 is 11.9. The molecule has 5 heteroatoms. The predicted molar refractivity (Wildman–Crippen MR) is 85.0 cm³/mol. The number of amides is 1. The van der Waals surface area contributed by atoms with Gasteiger partial charge in [0.05, 0.1) is 16.1 Å². The van der Waals surface area contributed by atoms with Gasteiger partial charge in [0, 0.05) is 12.6 Å². The Morgan fingerprint density at radius 1 is 1.20 bits per heavy atom. The number of carbonyl (C=O) groups is 1. The molecule has 0 fully saturated rings. The zero-order valence-corrected chi connectivity index (χ0v) is 13.9. The lowest BCUT2D eigenvalue weighted by Gasteiger charge is -2.30.